The first-order valence-corrected chi connectivity index (χ1v) is 13.9. The first kappa shape index (κ1) is 32.9. The van der Waals surface area contributed by atoms with Gasteiger partial charge < -0.3 is 34.5 Å². The Balaban J connectivity index is 1.78. The molecule has 4 atom stereocenters. The molecule has 1 saturated heterocycles. The van der Waals surface area contributed by atoms with Gasteiger partial charge in [-0.3, -0.25) is 4.52 Å². The quantitative estimate of drug-likeness (QED) is 0.198. The Hall–Kier alpha value is -3.59. The van der Waals surface area contributed by atoms with Crippen LogP contribution in [0.3, 0.4) is 0 Å². The minimum absolute atomic E-state index is 0.0394. The predicted molar refractivity (Wildman–Crippen MR) is 136 cm³/mol. The van der Waals surface area contributed by atoms with Crippen molar-refractivity contribution in [2.24, 2.45) is 0 Å². The summed E-state index contributed by atoms with van der Waals surface area (Å²) < 4.78 is 70.2. The van der Waals surface area contributed by atoms with Crippen molar-refractivity contribution in [3.05, 3.63) is 24.2 Å². The molecule has 232 valence electrons. The van der Waals surface area contributed by atoms with Crippen molar-refractivity contribution in [3.8, 4) is 6.07 Å². The predicted octanol–water partition coefficient (Wildman–Crippen LogP) is 2.71. The minimum Gasteiger partial charge on any atom is -0.432 e. The molecule has 3 rings (SSSR count). The maximum atomic E-state index is 16.2. The maximum Gasteiger partial charge on any atom is 0.510 e. The van der Waals surface area contributed by atoms with Crippen LogP contribution in [0.2, 0.25) is 0 Å². The number of hydrogen-bond acceptors (Lipinski definition) is 16. The van der Waals surface area contributed by atoms with Crippen molar-refractivity contribution >= 4 is 31.5 Å². The second kappa shape index (κ2) is 13.2. The van der Waals surface area contributed by atoms with Crippen LogP contribution in [0.4, 0.5) is 19.8 Å². The maximum absolute atomic E-state index is 16.2. The fraction of sp³-hybridized carbons (Fsp3) is 0.609. The van der Waals surface area contributed by atoms with Crippen LogP contribution < -0.4 is 5.73 Å². The number of aliphatic hydroxyl groups is 1. The molecule has 3 N–H and O–H groups in total. The van der Waals surface area contributed by atoms with Crippen LogP contribution in [0.25, 0.3) is 5.52 Å². The normalized spacial score (nSPS) is 24.1. The van der Waals surface area contributed by atoms with Gasteiger partial charge in [0.15, 0.2) is 11.5 Å². The summed E-state index contributed by atoms with van der Waals surface area (Å²) in [5.74, 6) is 0.0394. The van der Waals surface area contributed by atoms with E-state index in [1.54, 1.807) is 33.8 Å². The van der Waals surface area contributed by atoms with Gasteiger partial charge in [-0.05, 0) is 46.8 Å². The molecule has 0 saturated carbocycles. The second-order valence-electron chi connectivity index (χ2n) is 9.49. The van der Waals surface area contributed by atoms with Crippen LogP contribution in [0.15, 0.2) is 18.5 Å². The van der Waals surface area contributed by atoms with Gasteiger partial charge in [0, 0.05) is 0 Å². The zero-order valence-electron chi connectivity index (χ0n) is 23.3. The lowest BCUT2D eigenvalue weighted by Gasteiger charge is -2.30. The van der Waals surface area contributed by atoms with Crippen molar-refractivity contribution in [1.29, 1.82) is 5.26 Å². The molecule has 0 spiro atoms. The molecule has 17 nitrogen and oxygen atoms in total. The Kier molecular flexibility index (Phi) is 10.3. The molecule has 42 heavy (non-hydrogen) atoms. The van der Waals surface area contributed by atoms with E-state index in [0.717, 1.165) is 17.8 Å². The van der Waals surface area contributed by atoms with Gasteiger partial charge in [0.05, 0.1) is 24.5 Å². The van der Waals surface area contributed by atoms with E-state index in [-0.39, 0.29) is 17.0 Å². The molecule has 19 heteroatoms. The Morgan fingerprint density at radius 2 is 1.74 bits per heavy atom. The van der Waals surface area contributed by atoms with Crippen LogP contribution in [0.5, 0.6) is 0 Å². The molecule has 0 radical (unpaired) electrons. The van der Waals surface area contributed by atoms with Crippen molar-refractivity contribution < 1.29 is 60.9 Å². The molecule has 0 aromatic carbocycles. The average Bonchev–Trinajstić information content (AvgIpc) is 3.41. The number of phosphoric ester groups is 1. The molecular weight excluding hydrogens is 588 g/mol. The molecule has 0 aliphatic carbocycles. The van der Waals surface area contributed by atoms with Crippen molar-refractivity contribution in [2.45, 2.75) is 70.3 Å². The van der Waals surface area contributed by atoms with E-state index in [0.29, 0.717) is 0 Å². The lowest BCUT2D eigenvalue weighted by Crippen LogP contribution is -2.48. The topological polar surface area (TPSA) is 225 Å². The van der Waals surface area contributed by atoms with Gasteiger partial charge in [-0.1, -0.05) is 0 Å². The zero-order valence-corrected chi connectivity index (χ0v) is 24.2. The summed E-state index contributed by atoms with van der Waals surface area (Å²) in [5.41, 5.74) is 0.737. The Morgan fingerprint density at radius 3 is 2.26 bits per heavy atom. The molecule has 1 fully saturated rings. The van der Waals surface area contributed by atoms with E-state index < -0.39 is 76.0 Å². The summed E-state index contributed by atoms with van der Waals surface area (Å²) in [6, 6.07) is 4.52. The van der Waals surface area contributed by atoms with Gasteiger partial charge in [0.1, 0.15) is 30.1 Å². The molecular formula is C23H31FN5O12P. The van der Waals surface area contributed by atoms with Crippen molar-refractivity contribution in [1.82, 2.24) is 14.6 Å². The lowest BCUT2D eigenvalue weighted by atomic mass is 9.82. The number of ether oxygens (including phenoxy) is 5. The summed E-state index contributed by atoms with van der Waals surface area (Å²) >= 11 is 0. The van der Waals surface area contributed by atoms with Crippen LogP contribution in [0.1, 0.15) is 40.3 Å². The highest BCUT2D eigenvalue weighted by Gasteiger charge is 2.67. The van der Waals surface area contributed by atoms with E-state index in [9.17, 15) is 24.5 Å². The molecule has 0 amide bonds. The fourth-order valence-electron chi connectivity index (χ4n) is 3.82. The van der Waals surface area contributed by atoms with E-state index in [1.165, 1.54) is 12.1 Å². The number of phosphoric acid groups is 1. The number of halogens is 1. The Labute approximate surface area is 239 Å². The van der Waals surface area contributed by atoms with E-state index in [4.69, 9.17) is 33.5 Å². The molecule has 1 aliphatic heterocycles. The van der Waals surface area contributed by atoms with Gasteiger partial charge in [0.25, 0.3) is 0 Å². The smallest absolute Gasteiger partial charge is 0.432 e. The highest BCUT2D eigenvalue weighted by atomic mass is 31.2. The third-order valence-corrected chi connectivity index (χ3v) is 7.07. The van der Waals surface area contributed by atoms with Crippen LogP contribution in [0, 0.1) is 11.3 Å². The number of aromatic nitrogens is 3. The molecule has 1 aliphatic rings. The number of aliphatic hydroxyl groups excluding tert-OH is 1. The summed E-state index contributed by atoms with van der Waals surface area (Å²) in [6.07, 6.45) is -5.98. The summed E-state index contributed by atoms with van der Waals surface area (Å²) in [7, 11) is -4.78. The van der Waals surface area contributed by atoms with Gasteiger partial charge >= 0.3 is 20.1 Å². The Morgan fingerprint density at radius 1 is 1.17 bits per heavy atom. The summed E-state index contributed by atoms with van der Waals surface area (Å²) in [5, 5.41) is 24.9. The number of fused-ring (bicyclic) bond motifs is 1. The summed E-state index contributed by atoms with van der Waals surface area (Å²) in [4.78, 5) is 27.1. The number of alkyl halides is 1. The number of nitrogens with two attached hydrogens (primary N) is 1. The van der Waals surface area contributed by atoms with E-state index >= 15 is 4.39 Å². The van der Waals surface area contributed by atoms with Crippen LogP contribution in [-0.2, 0) is 47.4 Å². The second-order valence-corrected chi connectivity index (χ2v) is 11.2. The fourth-order valence-corrected chi connectivity index (χ4v) is 4.74. The highest BCUT2D eigenvalue weighted by Crippen LogP contribution is 2.53. The first-order valence-electron chi connectivity index (χ1n) is 12.4. The number of nitriles is 1. The van der Waals surface area contributed by atoms with E-state index in [1.807, 2.05) is 0 Å². The number of carbonyl (C=O) groups excluding carboxylic acids is 2. The number of carbonyl (C=O) groups is 2. The van der Waals surface area contributed by atoms with Crippen molar-refractivity contribution in [2.75, 3.05) is 25.9 Å². The number of nitrogens with zero attached hydrogens (tertiary/aromatic N) is 4. The van der Waals surface area contributed by atoms with Gasteiger partial charge in [-0.2, -0.15) is 10.4 Å². The Bertz CT molecular complexity index is 1330. The molecule has 2 aromatic heterocycles. The van der Waals surface area contributed by atoms with Gasteiger partial charge in [-0.25, -0.2) is 37.1 Å². The highest BCUT2D eigenvalue weighted by molar-refractivity contribution is 7.48. The molecule has 0 bridgehead atoms. The van der Waals surface area contributed by atoms with Gasteiger partial charge in [-0.15, -0.1) is 0 Å². The number of hydrogen-bond donors (Lipinski definition) is 2. The monoisotopic (exact) mass is 619 g/mol. The van der Waals surface area contributed by atoms with Gasteiger partial charge in [0.2, 0.25) is 19.2 Å². The molecule has 3 heterocycles. The number of nitrogen functional groups attached to an aromatic ring is 1. The van der Waals surface area contributed by atoms with Crippen LogP contribution in [-0.4, -0.2) is 82.3 Å². The van der Waals surface area contributed by atoms with Crippen molar-refractivity contribution in [3.63, 3.8) is 0 Å². The van der Waals surface area contributed by atoms with Crippen LogP contribution >= 0.6 is 7.82 Å². The standard InChI is InChI=1S/C23H31FN5O12P/c1-13(2)39-20(31)34-11-37-42(33,38-12-35-21(32)40-14(3)4)36-8-16-18(30)22(5,24)23(9-25,41-16)17-7-6-15-19(26)27-10-28-29(15)17/h6-7,10,13-14,16,18,30H,8,11-12H2,1-5H3,(H2,26,27,28)/t16-,18-,22-,23+/m1/s1. The largest absolute Gasteiger partial charge is 0.510 e. The first-order chi connectivity index (χ1) is 19.7. The van der Waals surface area contributed by atoms with E-state index in [2.05, 4.69) is 19.6 Å². The number of rotatable bonds is 12. The average molecular weight is 619 g/mol. The zero-order chi connectivity index (χ0) is 31.3. The summed E-state index contributed by atoms with van der Waals surface area (Å²) in [6.45, 7) is 4.25. The molecule has 0 unspecified atom stereocenters. The third kappa shape index (κ3) is 7.06. The third-order valence-electron chi connectivity index (χ3n) is 5.76. The minimum atomic E-state index is -4.78. The molecule has 2 aromatic rings. The number of anilines is 1. The lowest BCUT2D eigenvalue weighted by molar-refractivity contribution is -0.0791. The SMILES string of the molecule is CC(C)OC(=O)OCOP(=O)(OCOC(=O)OC(C)C)OC[C@H]1O[C@@](C#N)(c2ccc3c(N)ncnn23)[C@](C)(F)[C@@H]1O.